The van der Waals surface area contributed by atoms with E-state index in [1.807, 2.05) is 29.6 Å². The van der Waals surface area contributed by atoms with Crippen molar-refractivity contribution in [2.75, 3.05) is 5.75 Å². The Kier molecular flexibility index (Phi) is 3.19. The zero-order valence-electron chi connectivity index (χ0n) is 7.85. The first kappa shape index (κ1) is 10.8. The van der Waals surface area contributed by atoms with E-state index in [0.717, 1.165) is 5.56 Å². The van der Waals surface area contributed by atoms with Crippen LogP contribution in [0.25, 0.3) is 0 Å². The predicted molar refractivity (Wildman–Crippen MR) is 57.4 cm³/mol. The third-order valence-corrected chi connectivity index (χ3v) is 3.96. The van der Waals surface area contributed by atoms with Crippen LogP contribution in [0.4, 0.5) is 0 Å². The molecule has 5 heteroatoms. The third-order valence-electron chi connectivity index (χ3n) is 2.36. The fourth-order valence-electron chi connectivity index (χ4n) is 1.54. The van der Waals surface area contributed by atoms with Crippen molar-refractivity contribution in [2.45, 2.75) is 11.4 Å². The van der Waals surface area contributed by atoms with Gasteiger partial charge in [-0.3, -0.25) is 0 Å². The number of benzene rings is 1. The molecule has 1 heterocycles. The molecule has 1 fully saturated rings. The number of nitrogens with two attached hydrogens (primary N) is 1. The van der Waals surface area contributed by atoms with Crippen molar-refractivity contribution >= 4 is 29.3 Å². The quantitative estimate of drug-likeness (QED) is 0.781. The van der Waals surface area contributed by atoms with Crippen LogP contribution in [0.15, 0.2) is 24.3 Å². The van der Waals surface area contributed by atoms with Crippen molar-refractivity contribution in [1.29, 1.82) is 0 Å². The van der Waals surface area contributed by atoms with Crippen molar-refractivity contribution in [3.63, 3.8) is 0 Å². The maximum atomic E-state index is 10.7. The molecule has 15 heavy (non-hydrogen) atoms. The van der Waals surface area contributed by atoms with Crippen LogP contribution in [0.3, 0.4) is 0 Å². The van der Waals surface area contributed by atoms with Gasteiger partial charge in [0.1, 0.15) is 12.0 Å². The Bertz CT molecular complexity index is 368. The lowest BCUT2D eigenvalue weighted by atomic mass is 10.2. The third kappa shape index (κ3) is 2.45. The highest BCUT2D eigenvalue weighted by Gasteiger charge is 2.30. The van der Waals surface area contributed by atoms with Gasteiger partial charge in [0.05, 0.1) is 5.75 Å². The Morgan fingerprint density at radius 2 is 2.13 bits per heavy atom. The monoisotopic (exact) mass is 243 g/mol. The molecule has 0 aromatic heterocycles. The van der Waals surface area contributed by atoms with Gasteiger partial charge >= 0.3 is 0 Å². The largest absolute Gasteiger partial charge is 0.544 e. The lowest BCUT2D eigenvalue weighted by Gasteiger charge is -2.10. The van der Waals surface area contributed by atoms with Crippen LogP contribution >= 0.6 is 23.4 Å². The van der Waals surface area contributed by atoms with Gasteiger partial charge in [0.2, 0.25) is 0 Å². The lowest BCUT2D eigenvalue weighted by molar-refractivity contribution is -0.690. The minimum Gasteiger partial charge on any atom is -0.544 e. The molecule has 0 unspecified atom stereocenters. The molecule has 0 aliphatic carbocycles. The minimum atomic E-state index is -0.987. The Labute approximate surface area is 96.8 Å². The van der Waals surface area contributed by atoms with E-state index in [9.17, 15) is 9.90 Å². The van der Waals surface area contributed by atoms with Gasteiger partial charge in [-0.05, 0) is 12.1 Å². The van der Waals surface area contributed by atoms with Gasteiger partial charge in [-0.1, -0.05) is 35.5 Å². The SMILES string of the molecule is O=C([O-])[C@H]1CS[C@H](c2ccc(Cl)cc2)[NH2+]1. The number of rotatable bonds is 2. The van der Waals surface area contributed by atoms with Crippen LogP contribution in [0, 0.1) is 0 Å². The Morgan fingerprint density at radius 1 is 1.47 bits per heavy atom. The zero-order chi connectivity index (χ0) is 10.8. The second-order valence-electron chi connectivity index (χ2n) is 3.42. The first-order valence-corrected chi connectivity index (χ1v) is 6.02. The van der Waals surface area contributed by atoms with E-state index in [-0.39, 0.29) is 5.37 Å². The molecule has 0 spiro atoms. The first-order valence-electron chi connectivity index (χ1n) is 4.60. The second-order valence-corrected chi connectivity index (χ2v) is 5.03. The highest BCUT2D eigenvalue weighted by atomic mass is 35.5. The zero-order valence-corrected chi connectivity index (χ0v) is 9.42. The number of carboxylic acid groups (broad SMARTS) is 1. The van der Waals surface area contributed by atoms with E-state index < -0.39 is 12.0 Å². The predicted octanol–water partition coefficient (Wildman–Crippen LogP) is -0.233. The lowest BCUT2D eigenvalue weighted by Crippen LogP contribution is -2.90. The molecule has 2 rings (SSSR count). The number of carboxylic acids is 1. The van der Waals surface area contributed by atoms with Crippen molar-refractivity contribution in [3.05, 3.63) is 34.9 Å². The van der Waals surface area contributed by atoms with Gasteiger partial charge in [-0.2, -0.15) is 0 Å². The summed E-state index contributed by atoms with van der Waals surface area (Å²) in [7, 11) is 0. The molecule has 2 N–H and O–H groups in total. The van der Waals surface area contributed by atoms with Crippen LogP contribution in [0.2, 0.25) is 5.02 Å². The number of hydrogen-bond donors (Lipinski definition) is 1. The summed E-state index contributed by atoms with van der Waals surface area (Å²) in [6.07, 6.45) is 0. The summed E-state index contributed by atoms with van der Waals surface area (Å²) in [6, 6.07) is 7.05. The van der Waals surface area contributed by atoms with Gasteiger partial charge in [-0.25, -0.2) is 0 Å². The van der Waals surface area contributed by atoms with Gasteiger partial charge in [0.25, 0.3) is 0 Å². The Hall–Kier alpha value is -0.710. The summed E-state index contributed by atoms with van der Waals surface area (Å²) in [5, 5.41) is 13.3. The van der Waals surface area contributed by atoms with Crippen molar-refractivity contribution < 1.29 is 15.2 Å². The molecule has 1 aromatic carbocycles. The molecule has 1 saturated heterocycles. The van der Waals surface area contributed by atoms with Gasteiger partial charge in [-0.15, -0.1) is 0 Å². The molecule has 2 atom stereocenters. The number of aliphatic carboxylic acids is 1. The fourth-order valence-corrected chi connectivity index (χ4v) is 2.97. The highest BCUT2D eigenvalue weighted by Crippen LogP contribution is 2.27. The molecule has 1 aromatic rings. The summed E-state index contributed by atoms with van der Waals surface area (Å²) in [5.41, 5.74) is 1.09. The summed E-state index contributed by atoms with van der Waals surface area (Å²) in [5.74, 6) is -0.394. The molecule has 0 amide bonds. The molecular formula is C10H10ClNO2S. The summed E-state index contributed by atoms with van der Waals surface area (Å²) < 4.78 is 0. The number of halogens is 1. The van der Waals surface area contributed by atoms with E-state index in [1.54, 1.807) is 11.8 Å². The molecule has 3 nitrogen and oxygen atoms in total. The van der Waals surface area contributed by atoms with Crippen LogP contribution in [0.1, 0.15) is 10.9 Å². The van der Waals surface area contributed by atoms with E-state index in [1.165, 1.54) is 0 Å². The van der Waals surface area contributed by atoms with Gasteiger partial charge < -0.3 is 15.2 Å². The topological polar surface area (TPSA) is 56.7 Å². The molecule has 0 bridgehead atoms. The molecule has 1 aliphatic rings. The first-order chi connectivity index (χ1) is 7.16. The molecule has 0 radical (unpaired) electrons. The minimum absolute atomic E-state index is 0.144. The normalized spacial score (nSPS) is 25.4. The average Bonchev–Trinajstić information content (AvgIpc) is 2.68. The van der Waals surface area contributed by atoms with Crippen LogP contribution in [-0.4, -0.2) is 17.8 Å². The molecule has 0 saturated carbocycles. The second kappa shape index (κ2) is 4.43. The number of quaternary nitrogens is 1. The maximum Gasteiger partial charge on any atom is 0.159 e. The van der Waals surface area contributed by atoms with E-state index >= 15 is 0 Å². The molecule has 1 aliphatic heterocycles. The van der Waals surface area contributed by atoms with Crippen molar-refractivity contribution in [2.24, 2.45) is 0 Å². The maximum absolute atomic E-state index is 10.7. The molecular weight excluding hydrogens is 234 g/mol. The van der Waals surface area contributed by atoms with Crippen LogP contribution < -0.4 is 10.4 Å². The number of hydrogen-bond acceptors (Lipinski definition) is 3. The van der Waals surface area contributed by atoms with Crippen LogP contribution in [-0.2, 0) is 4.79 Å². The smallest absolute Gasteiger partial charge is 0.159 e. The van der Waals surface area contributed by atoms with Crippen LogP contribution in [0.5, 0.6) is 0 Å². The Balaban J connectivity index is 2.07. The molecule has 80 valence electrons. The summed E-state index contributed by atoms with van der Waals surface area (Å²) in [4.78, 5) is 10.7. The van der Waals surface area contributed by atoms with E-state index in [0.29, 0.717) is 10.8 Å². The summed E-state index contributed by atoms with van der Waals surface area (Å²) >= 11 is 7.39. The Morgan fingerprint density at radius 3 is 2.67 bits per heavy atom. The van der Waals surface area contributed by atoms with Gasteiger partial charge in [0.15, 0.2) is 5.37 Å². The average molecular weight is 244 g/mol. The number of thioether (sulfide) groups is 1. The highest BCUT2D eigenvalue weighted by molar-refractivity contribution is 7.99. The van der Waals surface area contributed by atoms with E-state index in [4.69, 9.17) is 11.6 Å². The standard InChI is InChI=1S/C10H10ClNO2S/c11-7-3-1-6(2-4-7)9-12-8(5-15-9)10(13)14/h1-4,8-9,12H,5H2,(H,13,14)/t8-,9-/m1/s1. The fraction of sp³-hybridized carbons (Fsp3) is 0.300. The number of carbonyl (C=O) groups is 1. The van der Waals surface area contributed by atoms with E-state index in [2.05, 4.69) is 0 Å². The van der Waals surface area contributed by atoms with Crippen molar-refractivity contribution in [1.82, 2.24) is 0 Å². The number of carbonyl (C=O) groups excluding carboxylic acids is 1. The van der Waals surface area contributed by atoms with Gasteiger partial charge in [0, 0.05) is 10.6 Å². The summed E-state index contributed by atoms with van der Waals surface area (Å²) in [6.45, 7) is 0. The van der Waals surface area contributed by atoms with Crippen molar-refractivity contribution in [3.8, 4) is 0 Å².